The molecule has 0 aromatic heterocycles. The third-order valence-corrected chi connectivity index (χ3v) is 3.84. The lowest BCUT2D eigenvalue weighted by atomic mass is 10.1. The van der Waals surface area contributed by atoms with Crippen molar-refractivity contribution in [1.82, 2.24) is 10.2 Å². The first-order valence-electron chi connectivity index (χ1n) is 9.08. The lowest BCUT2D eigenvalue weighted by Crippen LogP contribution is -2.43. The number of nitrogens with one attached hydrogen (secondary N) is 1. The summed E-state index contributed by atoms with van der Waals surface area (Å²) in [6, 6.07) is 0. The van der Waals surface area contributed by atoms with Crippen LogP contribution in [0.15, 0.2) is 0 Å². The van der Waals surface area contributed by atoms with Gasteiger partial charge in [0.1, 0.15) is 5.60 Å². The molecule has 0 aromatic rings. The number of ether oxygens (including phenoxy) is 2. The molecule has 23 heavy (non-hydrogen) atoms. The van der Waals surface area contributed by atoms with Crippen LogP contribution in [0.3, 0.4) is 0 Å². The molecule has 1 heterocycles. The Labute approximate surface area is 142 Å². The van der Waals surface area contributed by atoms with Crippen LogP contribution in [0.4, 0.5) is 4.79 Å². The molecular formula is C18H36N2O3. The third-order valence-electron chi connectivity index (χ3n) is 3.84. The summed E-state index contributed by atoms with van der Waals surface area (Å²) in [5.41, 5.74) is -0.424. The van der Waals surface area contributed by atoms with E-state index >= 15 is 0 Å². The van der Waals surface area contributed by atoms with Crippen molar-refractivity contribution in [3.63, 3.8) is 0 Å². The zero-order valence-electron chi connectivity index (χ0n) is 15.7. The fraction of sp³-hybridized carbons (Fsp3) is 0.944. The first-order chi connectivity index (χ1) is 10.8. The second kappa shape index (κ2) is 10.1. The minimum Gasteiger partial charge on any atom is -0.444 e. The minimum atomic E-state index is -0.424. The summed E-state index contributed by atoms with van der Waals surface area (Å²) in [4.78, 5) is 13.8. The van der Waals surface area contributed by atoms with Crippen LogP contribution in [0.25, 0.3) is 0 Å². The summed E-state index contributed by atoms with van der Waals surface area (Å²) in [6.45, 7) is 14.5. The van der Waals surface area contributed by atoms with Crippen molar-refractivity contribution in [3.05, 3.63) is 0 Å². The van der Waals surface area contributed by atoms with E-state index in [1.807, 2.05) is 20.8 Å². The zero-order chi connectivity index (χ0) is 17.3. The molecule has 1 rings (SSSR count). The van der Waals surface area contributed by atoms with Crippen LogP contribution in [0.5, 0.6) is 0 Å². The molecule has 0 unspecified atom stereocenters. The maximum absolute atomic E-state index is 12.0. The average Bonchev–Trinajstić information content (AvgIpc) is 2.44. The van der Waals surface area contributed by atoms with Crippen LogP contribution in [0.2, 0.25) is 0 Å². The maximum atomic E-state index is 12.0. The number of amides is 1. The summed E-state index contributed by atoms with van der Waals surface area (Å²) in [5.74, 6) is 0.758. The second-order valence-electron chi connectivity index (χ2n) is 7.82. The predicted molar refractivity (Wildman–Crippen MR) is 93.7 cm³/mol. The van der Waals surface area contributed by atoms with Crippen LogP contribution in [-0.4, -0.2) is 55.5 Å². The van der Waals surface area contributed by atoms with Gasteiger partial charge in [0.05, 0.1) is 6.10 Å². The molecule has 5 heteroatoms. The molecule has 1 N–H and O–H groups in total. The lowest BCUT2D eigenvalue weighted by molar-refractivity contribution is -0.0117. The standard InChI is InChI=1S/C18H36N2O3/c1-15(2)7-11-19-10-6-14-22-16-8-12-20(13-9-16)17(21)23-18(3,4)5/h15-16,19H,6-14H2,1-5H3. The van der Waals surface area contributed by atoms with Gasteiger partial charge in [-0.1, -0.05) is 13.8 Å². The van der Waals surface area contributed by atoms with Gasteiger partial charge in [-0.05, 0) is 65.5 Å². The molecular weight excluding hydrogens is 292 g/mol. The van der Waals surface area contributed by atoms with Gasteiger partial charge in [-0.3, -0.25) is 0 Å². The van der Waals surface area contributed by atoms with Gasteiger partial charge in [0.25, 0.3) is 0 Å². The van der Waals surface area contributed by atoms with Crippen molar-refractivity contribution < 1.29 is 14.3 Å². The lowest BCUT2D eigenvalue weighted by Gasteiger charge is -2.33. The summed E-state index contributed by atoms with van der Waals surface area (Å²) in [5, 5.41) is 3.45. The van der Waals surface area contributed by atoms with Gasteiger partial charge in [-0.2, -0.15) is 0 Å². The van der Waals surface area contributed by atoms with Crippen LogP contribution in [0, 0.1) is 5.92 Å². The molecule has 1 amide bonds. The summed E-state index contributed by atoms with van der Waals surface area (Å²) < 4.78 is 11.3. The second-order valence-corrected chi connectivity index (χ2v) is 7.82. The van der Waals surface area contributed by atoms with Gasteiger partial charge in [-0.15, -0.1) is 0 Å². The number of hydrogen-bond acceptors (Lipinski definition) is 4. The molecule has 0 aliphatic carbocycles. The Bertz CT molecular complexity index is 332. The van der Waals surface area contributed by atoms with E-state index in [9.17, 15) is 4.79 Å². The topological polar surface area (TPSA) is 50.8 Å². The fourth-order valence-electron chi connectivity index (χ4n) is 2.49. The number of carbonyl (C=O) groups excluding carboxylic acids is 1. The highest BCUT2D eigenvalue weighted by atomic mass is 16.6. The molecule has 1 aliphatic rings. The molecule has 0 bridgehead atoms. The molecule has 0 spiro atoms. The van der Waals surface area contributed by atoms with E-state index in [1.165, 1.54) is 6.42 Å². The van der Waals surface area contributed by atoms with Crippen molar-refractivity contribution in [2.45, 2.75) is 72.0 Å². The molecule has 0 aromatic carbocycles. The van der Waals surface area contributed by atoms with Gasteiger partial charge in [0.15, 0.2) is 0 Å². The van der Waals surface area contributed by atoms with Gasteiger partial charge in [0, 0.05) is 19.7 Å². The molecule has 0 radical (unpaired) electrons. The van der Waals surface area contributed by atoms with Gasteiger partial charge in [-0.25, -0.2) is 4.79 Å². The molecule has 0 saturated carbocycles. The van der Waals surface area contributed by atoms with E-state index in [-0.39, 0.29) is 12.2 Å². The Kier molecular flexibility index (Phi) is 8.92. The highest BCUT2D eigenvalue weighted by molar-refractivity contribution is 5.68. The van der Waals surface area contributed by atoms with Crippen molar-refractivity contribution in [3.8, 4) is 0 Å². The summed E-state index contributed by atoms with van der Waals surface area (Å²) >= 11 is 0. The SMILES string of the molecule is CC(C)CCNCCCOC1CCN(C(=O)OC(C)(C)C)CC1. The molecule has 1 saturated heterocycles. The summed E-state index contributed by atoms with van der Waals surface area (Å²) in [6.07, 6.45) is 4.16. The van der Waals surface area contributed by atoms with Crippen molar-refractivity contribution >= 4 is 6.09 Å². The minimum absolute atomic E-state index is 0.203. The van der Waals surface area contributed by atoms with Crippen molar-refractivity contribution in [2.75, 3.05) is 32.8 Å². The van der Waals surface area contributed by atoms with Crippen molar-refractivity contribution in [2.24, 2.45) is 5.92 Å². The van der Waals surface area contributed by atoms with E-state index in [2.05, 4.69) is 19.2 Å². The van der Waals surface area contributed by atoms with E-state index in [4.69, 9.17) is 9.47 Å². The van der Waals surface area contributed by atoms with E-state index < -0.39 is 5.60 Å². The number of nitrogens with zero attached hydrogens (tertiary/aromatic N) is 1. The molecule has 5 nitrogen and oxygen atoms in total. The smallest absolute Gasteiger partial charge is 0.410 e. The highest BCUT2D eigenvalue weighted by Crippen LogP contribution is 2.17. The number of hydrogen-bond donors (Lipinski definition) is 1. The van der Waals surface area contributed by atoms with E-state index in [0.717, 1.165) is 58.0 Å². The first-order valence-corrected chi connectivity index (χ1v) is 9.08. The number of likely N-dealkylation sites (tertiary alicyclic amines) is 1. The Morgan fingerprint density at radius 1 is 1.22 bits per heavy atom. The van der Waals surface area contributed by atoms with Crippen LogP contribution in [-0.2, 0) is 9.47 Å². The normalized spacial score (nSPS) is 16.9. The quantitative estimate of drug-likeness (QED) is 0.694. The Hall–Kier alpha value is -0.810. The van der Waals surface area contributed by atoms with E-state index in [0.29, 0.717) is 0 Å². The van der Waals surface area contributed by atoms with Gasteiger partial charge in [0.2, 0.25) is 0 Å². The average molecular weight is 328 g/mol. The fourth-order valence-corrected chi connectivity index (χ4v) is 2.49. The monoisotopic (exact) mass is 328 g/mol. The third kappa shape index (κ3) is 9.82. The van der Waals surface area contributed by atoms with Crippen LogP contribution < -0.4 is 5.32 Å². The molecule has 136 valence electrons. The van der Waals surface area contributed by atoms with E-state index in [1.54, 1.807) is 4.90 Å². The van der Waals surface area contributed by atoms with Crippen LogP contribution in [0.1, 0.15) is 60.3 Å². The predicted octanol–water partition coefficient (Wildman–Crippen LogP) is 3.43. The molecule has 0 atom stereocenters. The van der Waals surface area contributed by atoms with Crippen LogP contribution >= 0.6 is 0 Å². The van der Waals surface area contributed by atoms with Gasteiger partial charge >= 0.3 is 6.09 Å². The number of carbonyl (C=O) groups is 1. The first kappa shape index (κ1) is 20.2. The molecule has 1 fully saturated rings. The Morgan fingerprint density at radius 3 is 2.43 bits per heavy atom. The van der Waals surface area contributed by atoms with Gasteiger partial charge < -0.3 is 19.7 Å². The zero-order valence-corrected chi connectivity index (χ0v) is 15.7. The number of rotatable bonds is 8. The Morgan fingerprint density at radius 2 is 1.87 bits per heavy atom. The Balaban J connectivity index is 2.05. The molecule has 1 aliphatic heterocycles. The largest absolute Gasteiger partial charge is 0.444 e. The maximum Gasteiger partial charge on any atom is 0.410 e. The number of piperidine rings is 1. The van der Waals surface area contributed by atoms with Crippen molar-refractivity contribution in [1.29, 1.82) is 0 Å². The summed E-state index contributed by atoms with van der Waals surface area (Å²) in [7, 11) is 0. The highest BCUT2D eigenvalue weighted by Gasteiger charge is 2.26.